The largest absolute Gasteiger partial charge is 0.461 e. The molecule has 0 aliphatic rings. The fourth-order valence-electron chi connectivity index (χ4n) is 3.65. The molecule has 0 saturated carbocycles. The predicted molar refractivity (Wildman–Crippen MR) is 118 cm³/mol. The Bertz CT molecular complexity index is 1500. The number of furan rings is 1. The molecule has 1 amide bonds. The van der Waals surface area contributed by atoms with Crippen molar-refractivity contribution < 1.29 is 9.21 Å². The Morgan fingerprint density at radius 3 is 2.77 bits per heavy atom. The van der Waals surface area contributed by atoms with Crippen LogP contribution in [0.3, 0.4) is 0 Å². The molecule has 3 heterocycles. The minimum Gasteiger partial charge on any atom is -0.461 e. The number of hydrogen-bond donors (Lipinski definition) is 2. The van der Waals surface area contributed by atoms with Gasteiger partial charge in [-0.25, -0.2) is 9.97 Å². The summed E-state index contributed by atoms with van der Waals surface area (Å²) in [5.41, 5.74) is 4.26. The topological polar surface area (TPSA) is 106 Å². The molecular formula is C23H19N5O3. The van der Waals surface area contributed by atoms with Crippen molar-refractivity contribution in [1.82, 2.24) is 19.5 Å². The molecule has 0 bridgehead atoms. The van der Waals surface area contributed by atoms with Crippen LogP contribution in [0.5, 0.6) is 0 Å². The molecule has 0 atom stereocenters. The maximum absolute atomic E-state index is 12.8. The first-order valence-electron chi connectivity index (χ1n) is 9.89. The van der Waals surface area contributed by atoms with E-state index in [1.54, 1.807) is 48.1 Å². The zero-order valence-corrected chi connectivity index (χ0v) is 17.0. The summed E-state index contributed by atoms with van der Waals surface area (Å²) >= 11 is 0. The Balaban J connectivity index is 1.45. The summed E-state index contributed by atoms with van der Waals surface area (Å²) in [6.07, 6.45) is 1.59. The zero-order valence-electron chi connectivity index (χ0n) is 17.0. The third-order valence-corrected chi connectivity index (χ3v) is 5.18. The Morgan fingerprint density at radius 2 is 2.00 bits per heavy atom. The van der Waals surface area contributed by atoms with Crippen LogP contribution < -0.4 is 10.9 Å². The number of H-pyrrole nitrogens is 1. The van der Waals surface area contributed by atoms with Gasteiger partial charge in [-0.15, -0.1) is 0 Å². The molecular weight excluding hydrogens is 394 g/mol. The van der Waals surface area contributed by atoms with Gasteiger partial charge in [0.1, 0.15) is 5.69 Å². The highest BCUT2D eigenvalue weighted by molar-refractivity contribution is 6.06. The zero-order chi connectivity index (χ0) is 21.5. The molecule has 31 heavy (non-hydrogen) atoms. The Morgan fingerprint density at radius 1 is 1.13 bits per heavy atom. The summed E-state index contributed by atoms with van der Waals surface area (Å²) < 4.78 is 7.03. The molecule has 3 aromatic heterocycles. The number of anilines is 1. The summed E-state index contributed by atoms with van der Waals surface area (Å²) in [6.45, 7) is 4.12. The predicted octanol–water partition coefficient (Wildman–Crippen LogP) is 4.11. The van der Waals surface area contributed by atoms with Crippen LogP contribution in [0.1, 0.15) is 23.0 Å². The maximum atomic E-state index is 12.8. The van der Waals surface area contributed by atoms with Crippen molar-refractivity contribution in [3.05, 3.63) is 76.4 Å². The van der Waals surface area contributed by atoms with E-state index in [9.17, 15) is 9.59 Å². The number of nitrogens with zero attached hydrogens (tertiary/aromatic N) is 3. The van der Waals surface area contributed by atoms with E-state index in [0.717, 1.165) is 11.0 Å². The van der Waals surface area contributed by atoms with Crippen LogP contribution in [-0.4, -0.2) is 25.4 Å². The molecule has 2 aromatic carbocycles. The van der Waals surface area contributed by atoms with Crippen LogP contribution in [-0.2, 0) is 6.54 Å². The lowest BCUT2D eigenvalue weighted by molar-refractivity contribution is 0.102. The third-order valence-electron chi connectivity index (χ3n) is 5.18. The molecule has 0 aliphatic heterocycles. The van der Waals surface area contributed by atoms with Crippen LogP contribution in [0.2, 0.25) is 0 Å². The standard InChI is InChI=1S/C23H19N5O3/c1-3-28-19-9-6-14(11-18(19)24-13(2)23(28)30)22(29)25-15-7-8-16-17(12-15)27-21(26-16)20-5-4-10-31-20/h4-12H,3H2,1-2H3,(H,25,29)(H,26,27). The summed E-state index contributed by atoms with van der Waals surface area (Å²) in [4.78, 5) is 37.2. The van der Waals surface area contributed by atoms with E-state index >= 15 is 0 Å². The van der Waals surface area contributed by atoms with Crippen LogP contribution in [0.25, 0.3) is 33.7 Å². The molecule has 0 fully saturated rings. The Kier molecular flexibility index (Phi) is 4.39. The van der Waals surface area contributed by atoms with Gasteiger partial charge in [0, 0.05) is 17.8 Å². The monoisotopic (exact) mass is 413 g/mol. The number of hydrogen-bond acceptors (Lipinski definition) is 5. The Hall–Kier alpha value is -4.20. The van der Waals surface area contributed by atoms with Gasteiger partial charge in [-0.05, 0) is 62.4 Å². The second-order valence-electron chi connectivity index (χ2n) is 7.20. The first-order chi connectivity index (χ1) is 15.0. The fourth-order valence-corrected chi connectivity index (χ4v) is 3.65. The van der Waals surface area contributed by atoms with Gasteiger partial charge in [-0.1, -0.05) is 0 Å². The van der Waals surface area contributed by atoms with E-state index in [-0.39, 0.29) is 11.5 Å². The minimum absolute atomic E-state index is 0.117. The number of imidazole rings is 1. The molecule has 8 heteroatoms. The Labute approximate surface area is 176 Å². The van der Waals surface area contributed by atoms with Gasteiger partial charge in [0.15, 0.2) is 11.6 Å². The van der Waals surface area contributed by atoms with E-state index in [1.807, 2.05) is 25.1 Å². The van der Waals surface area contributed by atoms with Crippen molar-refractivity contribution in [2.75, 3.05) is 5.32 Å². The van der Waals surface area contributed by atoms with Crippen molar-refractivity contribution >= 4 is 33.7 Å². The minimum atomic E-state index is -0.263. The molecule has 154 valence electrons. The van der Waals surface area contributed by atoms with Gasteiger partial charge < -0.3 is 19.3 Å². The van der Waals surface area contributed by atoms with Gasteiger partial charge in [-0.3, -0.25) is 9.59 Å². The lowest BCUT2D eigenvalue weighted by Crippen LogP contribution is -2.23. The first kappa shape index (κ1) is 18.8. The van der Waals surface area contributed by atoms with Crippen LogP contribution in [0, 0.1) is 6.92 Å². The summed E-state index contributed by atoms with van der Waals surface area (Å²) in [6, 6.07) is 14.2. The summed E-state index contributed by atoms with van der Waals surface area (Å²) in [5.74, 6) is 1.01. The first-order valence-corrected chi connectivity index (χ1v) is 9.89. The number of aryl methyl sites for hydroxylation is 2. The molecule has 0 unspecified atom stereocenters. The molecule has 2 N–H and O–H groups in total. The molecule has 0 saturated heterocycles. The van der Waals surface area contributed by atoms with Crippen molar-refractivity contribution in [3.8, 4) is 11.6 Å². The quantitative estimate of drug-likeness (QED) is 0.461. The van der Waals surface area contributed by atoms with Crippen molar-refractivity contribution in [1.29, 1.82) is 0 Å². The smallest absolute Gasteiger partial charge is 0.272 e. The normalized spacial score (nSPS) is 11.3. The van der Waals surface area contributed by atoms with Crippen LogP contribution >= 0.6 is 0 Å². The summed E-state index contributed by atoms with van der Waals surface area (Å²) in [7, 11) is 0. The van der Waals surface area contributed by atoms with Crippen molar-refractivity contribution in [2.24, 2.45) is 0 Å². The molecule has 0 spiro atoms. The van der Waals surface area contributed by atoms with E-state index in [0.29, 0.717) is 46.1 Å². The van der Waals surface area contributed by atoms with Gasteiger partial charge >= 0.3 is 0 Å². The van der Waals surface area contributed by atoms with Gasteiger partial charge in [0.25, 0.3) is 11.5 Å². The molecule has 5 rings (SSSR count). The highest BCUT2D eigenvalue weighted by atomic mass is 16.3. The number of amides is 1. The third kappa shape index (κ3) is 3.28. The van der Waals surface area contributed by atoms with Crippen molar-refractivity contribution in [3.63, 3.8) is 0 Å². The lowest BCUT2D eigenvalue weighted by atomic mass is 10.1. The van der Waals surface area contributed by atoms with E-state index in [2.05, 4.69) is 20.3 Å². The van der Waals surface area contributed by atoms with Crippen molar-refractivity contribution in [2.45, 2.75) is 20.4 Å². The number of fused-ring (bicyclic) bond motifs is 2. The van der Waals surface area contributed by atoms with Gasteiger partial charge in [0.05, 0.1) is 28.3 Å². The SMILES string of the molecule is CCn1c(=O)c(C)nc2cc(C(=O)Nc3ccc4nc(-c5ccco5)[nH]c4c3)ccc21. The number of nitrogens with one attached hydrogen (secondary N) is 2. The van der Waals surface area contributed by atoms with E-state index in [4.69, 9.17) is 4.42 Å². The number of carbonyl (C=O) groups is 1. The van der Waals surface area contributed by atoms with Crippen LogP contribution in [0.4, 0.5) is 5.69 Å². The second-order valence-corrected chi connectivity index (χ2v) is 7.20. The fraction of sp³-hybridized carbons (Fsp3) is 0.130. The van der Waals surface area contributed by atoms with Gasteiger partial charge in [-0.2, -0.15) is 0 Å². The lowest BCUT2D eigenvalue weighted by Gasteiger charge is -2.10. The molecule has 5 aromatic rings. The molecule has 0 radical (unpaired) electrons. The molecule has 0 aliphatic carbocycles. The average molecular weight is 413 g/mol. The number of carbonyl (C=O) groups excluding carboxylic acids is 1. The second kappa shape index (κ2) is 7.24. The average Bonchev–Trinajstić information content (AvgIpc) is 3.44. The number of rotatable bonds is 4. The highest BCUT2D eigenvalue weighted by Gasteiger charge is 2.13. The maximum Gasteiger partial charge on any atom is 0.272 e. The summed E-state index contributed by atoms with van der Waals surface area (Å²) in [5, 5.41) is 2.91. The van der Waals surface area contributed by atoms with Gasteiger partial charge in [0.2, 0.25) is 0 Å². The highest BCUT2D eigenvalue weighted by Crippen LogP contribution is 2.23. The van der Waals surface area contributed by atoms with E-state index in [1.165, 1.54) is 0 Å². The van der Waals surface area contributed by atoms with Crippen LogP contribution in [0.15, 0.2) is 64.0 Å². The number of aromatic nitrogens is 4. The van der Waals surface area contributed by atoms with E-state index < -0.39 is 0 Å². The number of benzene rings is 2. The molecule has 8 nitrogen and oxygen atoms in total. The number of aromatic amines is 1.